The zero-order chi connectivity index (χ0) is 15.3. The summed E-state index contributed by atoms with van der Waals surface area (Å²) < 4.78 is 31.9. The summed E-state index contributed by atoms with van der Waals surface area (Å²) in [5.41, 5.74) is 1.87. The molecule has 0 bridgehead atoms. The van der Waals surface area contributed by atoms with Gasteiger partial charge in [-0.25, -0.2) is 13.1 Å². The summed E-state index contributed by atoms with van der Waals surface area (Å²) in [6.45, 7) is 0.233. The molecule has 2 aromatic rings. The summed E-state index contributed by atoms with van der Waals surface area (Å²) in [5.74, 6) is 1.06. The number of hydrogen-bond acceptors (Lipinski definition) is 3. The van der Waals surface area contributed by atoms with Crippen LogP contribution in [0.3, 0.4) is 0 Å². The topological polar surface area (TPSA) is 55.4 Å². The molecule has 0 fully saturated rings. The molecule has 2 aromatic carbocycles. The average Bonchev–Trinajstić information content (AvgIpc) is 2.53. The molecule has 112 valence electrons. The first-order chi connectivity index (χ1) is 10.0. The fourth-order valence-electron chi connectivity index (χ4n) is 1.76. The number of halogens is 1. The molecule has 6 heteroatoms. The van der Waals surface area contributed by atoms with E-state index in [9.17, 15) is 8.42 Å². The van der Waals surface area contributed by atoms with Crippen molar-refractivity contribution in [1.29, 1.82) is 0 Å². The summed E-state index contributed by atoms with van der Waals surface area (Å²) in [4.78, 5) is 0.209. The second-order valence-corrected chi connectivity index (χ2v) is 6.48. The van der Waals surface area contributed by atoms with Crippen LogP contribution < -0.4 is 9.46 Å². The Morgan fingerprint density at radius 1 is 1.00 bits per heavy atom. The number of ether oxygens (including phenoxy) is 1. The number of nitrogens with one attached hydrogen (secondary N) is 1. The van der Waals surface area contributed by atoms with Crippen LogP contribution in [0.4, 0.5) is 0 Å². The quantitative estimate of drug-likeness (QED) is 0.831. The van der Waals surface area contributed by atoms with Crippen molar-refractivity contribution in [1.82, 2.24) is 4.72 Å². The number of alkyl halides is 1. The Labute approximate surface area is 129 Å². The smallest absolute Gasteiger partial charge is 0.240 e. The third-order valence-corrected chi connectivity index (χ3v) is 4.74. The number of rotatable bonds is 6. The number of hydrogen-bond donors (Lipinski definition) is 1. The Morgan fingerprint density at radius 2 is 1.57 bits per heavy atom. The van der Waals surface area contributed by atoms with Crippen molar-refractivity contribution in [2.45, 2.75) is 17.3 Å². The van der Waals surface area contributed by atoms with Gasteiger partial charge < -0.3 is 4.74 Å². The van der Waals surface area contributed by atoms with E-state index < -0.39 is 10.0 Å². The molecule has 21 heavy (non-hydrogen) atoms. The molecule has 0 radical (unpaired) electrons. The fraction of sp³-hybridized carbons (Fsp3) is 0.200. The lowest BCUT2D eigenvalue weighted by molar-refractivity contribution is 0.414. The minimum Gasteiger partial charge on any atom is -0.497 e. The van der Waals surface area contributed by atoms with E-state index in [1.807, 2.05) is 24.3 Å². The van der Waals surface area contributed by atoms with Crippen LogP contribution in [-0.2, 0) is 22.4 Å². The van der Waals surface area contributed by atoms with Gasteiger partial charge in [-0.1, -0.05) is 24.3 Å². The molecule has 0 amide bonds. The van der Waals surface area contributed by atoms with E-state index in [0.29, 0.717) is 11.6 Å². The van der Waals surface area contributed by atoms with Gasteiger partial charge in [-0.2, -0.15) is 0 Å². The molecule has 1 N–H and O–H groups in total. The predicted molar refractivity (Wildman–Crippen MR) is 83.0 cm³/mol. The lowest BCUT2D eigenvalue weighted by Gasteiger charge is -2.08. The van der Waals surface area contributed by atoms with Gasteiger partial charge in [0.2, 0.25) is 10.0 Å². The first-order valence-electron chi connectivity index (χ1n) is 6.32. The second kappa shape index (κ2) is 6.93. The van der Waals surface area contributed by atoms with E-state index in [4.69, 9.17) is 16.3 Å². The van der Waals surface area contributed by atoms with Crippen molar-refractivity contribution in [3.63, 3.8) is 0 Å². The van der Waals surface area contributed by atoms with Gasteiger partial charge in [0.15, 0.2) is 0 Å². The Kier molecular flexibility index (Phi) is 5.22. The molecule has 0 spiro atoms. The third-order valence-electron chi connectivity index (χ3n) is 3.01. The Balaban J connectivity index is 2.05. The maximum Gasteiger partial charge on any atom is 0.240 e. The first-order valence-corrected chi connectivity index (χ1v) is 8.34. The van der Waals surface area contributed by atoms with Crippen molar-refractivity contribution in [2.75, 3.05) is 7.11 Å². The van der Waals surface area contributed by atoms with Crippen molar-refractivity contribution in [3.05, 3.63) is 59.7 Å². The van der Waals surface area contributed by atoms with Crippen LogP contribution in [-0.4, -0.2) is 15.5 Å². The minimum atomic E-state index is -3.53. The van der Waals surface area contributed by atoms with E-state index in [2.05, 4.69) is 4.72 Å². The van der Waals surface area contributed by atoms with Crippen molar-refractivity contribution < 1.29 is 13.2 Å². The second-order valence-electron chi connectivity index (χ2n) is 4.45. The zero-order valence-electron chi connectivity index (χ0n) is 11.5. The van der Waals surface area contributed by atoms with Gasteiger partial charge in [0, 0.05) is 12.4 Å². The van der Waals surface area contributed by atoms with Crippen LogP contribution in [0, 0.1) is 0 Å². The van der Waals surface area contributed by atoms with Gasteiger partial charge in [-0.3, -0.25) is 0 Å². The Hall–Kier alpha value is -1.56. The van der Waals surface area contributed by atoms with Crippen LogP contribution >= 0.6 is 11.6 Å². The van der Waals surface area contributed by atoms with E-state index in [1.54, 1.807) is 12.1 Å². The predicted octanol–water partition coefficient (Wildman–Crippen LogP) is 2.91. The van der Waals surface area contributed by atoms with Gasteiger partial charge in [0.1, 0.15) is 5.75 Å². The maximum atomic E-state index is 12.2. The molecule has 0 aliphatic rings. The van der Waals surface area contributed by atoms with Gasteiger partial charge in [-0.05, 0) is 35.4 Å². The SMILES string of the molecule is COc1ccc(S(=O)(=O)NCc2ccc(CCl)cc2)cc1. The summed E-state index contributed by atoms with van der Waals surface area (Å²) >= 11 is 5.71. The number of methoxy groups -OCH3 is 1. The molecular weight excluding hydrogens is 310 g/mol. The third kappa shape index (κ3) is 4.20. The van der Waals surface area contributed by atoms with Gasteiger partial charge in [-0.15, -0.1) is 11.6 Å². The maximum absolute atomic E-state index is 12.2. The van der Waals surface area contributed by atoms with Gasteiger partial charge >= 0.3 is 0 Å². The lowest BCUT2D eigenvalue weighted by Crippen LogP contribution is -2.23. The Morgan fingerprint density at radius 3 is 2.10 bits per heavy atom. The average molecular weight is 326 g/mol. The fourth-order valence-corrected chi connectivity index (χ4v) is 2.96. The lowest BCUT2D eigenvalue weighted by atomic mass is 10.1. The van der Waals surface area contributed by atoms with Gasteiger partial charge in [0.25, 0.3) is 0 Å². The molecule has 4 nitrogen and oxygen atoms in total. The molecular formula is C15H16ClNO3S. The highest BCUT2D eigenvalue weighted by Gasteiger charge is 2.13. The highest BCUT2D eigenvalue weighted by molar-refractivity contribution is 7.89. The summed E-state index contributed by atoms with van der Waals surface area (Å²) in [6, 6.07) is 13.7. The minimum absolute atomic E-state index is 0.209. The van der Waals surface area contributed by atoms with Crippen molar-refractivity contribution >= 4 is 21.6 Å². The van der Waals surface area contributed by atoms with Crippen LogP contribution in [0.5, 0.6) is 5.75 Å². The van der Waals surface area contributed by atoms with Crippen LogP contribution in [0.15, 0.2) is 53.4 Å². The normalized spacial score (nSPS) is 11.3. The summed E-state index contributed by atoms with van der Waals surface area (Å²) in [7, 11) is -2.00. The standard InChI is InChI=1S/C15H16ClNO3S/c1-20-14-6-8-15(9-7-14)21(18,19)17-11-13-4-2-12(10-16)3-5-13/h2-9,17H,10-11H2,1H3. The van der Waals surface area contributed by atoms with E-state index in [1.165, 1.54) is 19.2 Å². The van der Waals surface area contributed by atoms with E-state index in [-0.39, 0.29) is 11.4 Å². The molecule has 0 saturated carbocycles. The molecule has 0 atom stereocenters. The monoisotopic (exact) mass is 325 g/mol. The molecule has 0 aromatic heterocycles. The molecule has 0 unspecified atom stereocenters. The molecule has 0 aliphatic heterocycles. The van der Waals surface area contributed by atoms with Crippen molar-refractivity contribution in [2.24, 2.45) is 0 Å². The highest BCUT2D eigenvalue weighted by Crippen LogP contribution is 2.16. The van der Waals surface area contributed by atoms with E-state index >= 15 is 0 Å². The van der Waals surface area contributed by atoms with Crippen molar-refractivity contribution in [3.8, 4) is 5.75 Å². The zero-order valence-corrected chi connectivity index (χ0v) is 13.1. The van der Waals surface area contributed by atoms with E-state index in [0.717, 1.165) is 11.1 Å². The van der Waals surface area contributed by atoms with Crippen LogP contribution in [0.1, 0.15) is 11.1 Å². The summed E-state index contributed by atoms with van der Waals surface area (Å²) in [5, 5.41) is 0. The molecule has 0 aliphatic carbocycles. The largest absolute Gasteiger partial charge is 0.497 e. The molecule has 0 heterocycles. The van der Waals surface area contributed by atoms with Gasteiger partial charge in [0.05, 0.1) is 12.0 Å². The first kappa shape index (κ1) is 15.8. The highest BCUT2D eigenvalue weighted by atomic mass is 35.5. The Bertz CT molecular complexity index is 682. The molecule has 2 rings (SSSR count). The molecule has 0 saturated heterocycles. The number of benzene rings is 2. The van der Waals surface area contributed by atoms with Crippen LogP contribution in [0.2, 0.25) is 0 Å². The summed E-state index contributed by atoms with van der Waals surface area (Å²) in [6.07, 6.45) is 0. The number of sulfonamides is 1. The van der Waals surface area contributed by atoms with Crippen LogP contribution in [0.25, 0.3) is 0 Å².